The fourth-order valence-corrected chi connectivity index (χ4v) is 2.12. The minimum Gasteiger partial charge on any atom is -0.326 e. The van der Waals surface area contributed by atoms with Crippen LogP contribution in [-0.2, 0) is 12.3 Å². The first-order valence-corrected chi connectivity index (χ1v) is 6.52. The summed E-state index contributed by atoms with van der Waals surface area (Å²) in [4.78, 5) is 8.46. The molecule has 0 aliphatic carbocycles. The van der Waals surface area contributed by atoms with Crippen molar-refractivity contribution in [1.29, 1.82) is 0 Å². The number of halogens is 1. The van der Waals surface area contributed by atoms with Crippen LogP contribution in [0.3, 0.4) is 0 Å². The lowest BCUT2D eigenvalue weighted by atomic mass is 10.2. The summed E-state index contributed by atoms with van der Waals surface area (Å²) >= 11 is 7.41. The summed E-state index contributed by atoms with van der Waals surface area (Å²) < 4.78 is 0. The Kier molecular flexibility index (Phi) is 4.36. The molecule has 5 heteroatoms. The fourth-order valence-electron chi connectivity index (χ4n) is 1.25. The molecule has 0 saturated carbocycles. The zero-order valence-corrected chi connectivity index (χ0v) is 10.7. The van der Waals surface area contributed by atoms with Gasteiger partial charge in [0.25, 0.3) is 0 Å². The summed E-state index contributed by atoms with van der Waals surface area (Å²) in [7, 11) is 0. The van der Waals surface area contributed by atoms with Crippen molar-refractivity contribution in [3.05, 3.63) is 52.8 Å². The van der Waals surface area contributed by atoms with Gasteiger partial charge in [0.15, 0.2) is 5.16 Å². The maximum atomic E-state index is 5.82. The first-order chi connectivity index (χ1) is 8.28. The van der Waals surface area contributed by atoms with E-state index in [2.05, 4.69) is 9.97 Å². The third-order valence-electron chi connectivity index (χ3n) is 2.20. The Balaban J connectivity index is 1.95. The summed E-state index contributed by atoms with van der Waals surface area (Å²) in [6.07, 6.45) is 3.52. The van der Waals surface area contributed by atoms with E-state index < -0.39 is 0 Å². The quantitative estimate of drug-likeness (QED) is 0.682. The maximum absolute atomic E-state index is 5.82. The number of benzene rings is 1. The SMILES string of the molecule is NCc1cnc(SCc2ccc(Cl)cc2)nc1. The van der Waals surface area contributed by atoms with Crippen LogP contribution < -0.4 is 5.73 Å². The van der Waals surface area contributed by atoms with Gasteiger partial charge >= 0.3 is 0 Å². The highest BCUT2D eigenvalue weighted by atomic mass is 35.5. The highest BCUT2D eigenvalue weighted by Gasteiger charge is 1.99. The first kappa shape index (κ1) is 12.4. The lowest BCUT2D eigenvalue weighted by Crippen LogP contribution is -1.98. The molecule has 0 aliphatic rings. The van der Waals surface area contributed by atoms with Crippen molar-refractivity contribution in [2.45, 2.75) is 17.5 Å². The molecule has 3 nitrogen and oxygen atoms in total. The van der Waals surface area contributed by atoms with Crippen molar-refractivity contribution in [3.8, 4) is 0 Å². The van der Waals surface area contributed by atoms with Crippen LogP contribution in [0.15, 0.2) is 41.8 Å². The number of nitrogens with two attached hydrogens (primary N) is 1. The third kappa shape index (κ3) is 3.70. The van der Waals surface area contributed by atoms with Crippen molar-refractivity contribution in [2.75, 3.05) is 0 Å². The van der Waals surface area contributed by atoms with E-state index in [4.69, 9.17) is 17.3 Å². The van der Waals surface area contributed by atoms with Crippen molar-refractivity contribution < 1.29 is 0 Å². The van der Waals surface area contributed by atoms with Crippen LogP contribution in [0.2, 0.25) is 5.02 Å². The number of rotatable bonds is 4. The molecule has 0 radical (unpaired) electrons. The van der Waals surface area contributed by atoms with Gasteiger partial charge in [-0.15, -0.1) is 0 Å². The van der Waals surface area contributed by atoms with Crippen molar-refractivity contribution >= 4 is 23.4 Å². The zero-order valence-electron chi connectivity index (χ0n) is 9.14. The predicted molar refractivity (Wildman–Crippen MR) is 70.9 cm³/mol. The Hall–Kier alpha value is -1.10. The topological polar surface area (TPSA) is 51.8 Å². The number of thioether (sulfide) groups is 1. The molecule has 0 unspecified atom stereocenters. The van der Waals surface area contributed by atoms with Gasteiger partial charge in [0, 0.05) is 35.3 Å². The Bertz CT molecular complexity index is 470. The summed E-state index contributed by atoms with van der Waals surface area (Å²) in [5.74, 6) is 0.832. The molecule has 0 saturated heterocycles. The van der Waals surface area contributed by atoms with E-state index in [1.165, 1.54) is 5.56 Å². The van der Waals surface area contributed by atoms with Gasteiger partial charge in [-0.1, -0.05) is 35.5 Å². The van der Waals surface area contributed by atoms with Crippen molar-refractivity contribution in [1.82, 2.24) is 9.97 Å². The van der Waals surface area contributed by atoms with E-state index in [0.717, 1.165) is 21.5 Å². The molecule has 0 spiro atoms. The highest BCUT2D eigenvalue weighted by Crippen LogP contribution is 2.20. The smallest absolute Gasteiger partial charge is 0.187 e. The van der Waals surface area contributed by atoms with E-state index in [9.17, 15) is 0 Å². The normalized spacial score (nSPS) is 10.5. The second kappa shape index (κ2) is 6.00. The molecule has 17 heavy (non-hydrogen) atoms. The molecule has 2 aromatic rings. The lowest BCUT2D eigenvalue weighted by Gasteiger charge is -2.01. The monoisotopic (exact) mass is 265 g/mol. The molecule has 1 aromatic heterocycles. The molecule has 0 amide bonds. The lowest BCUT2D eigenvalue weighted by molar-refractivity contribution is 0.913. The van der Waals surface area contributed by atoms with Gasteiger partial charge in [0.05, 0.1) is 0 Å². The molecular formula is C12H12ClN3S. The average Bonchev–Trinajstić information content (AvgIpc) is 2.39. The molecule has 1 aromatic carbocycles. The van der Waals surface area contributed by atoms with Gasteiger partial charge < -0.3 is 5.73 Å². The molecule has 0 aliphatic heterocycles. The minimum absolute atomic E-state index is 0.474. The minimum atomic E-state index is 0.474. The van der Waals surface area contributed by atoms with E-state index in [0.29, 0.717) is 6.54 Å². The average molecular weight is 266 g/mol. The van der Waals surface area contributed by atoms with Gasteiger partial charge in [0.1, 0.15) is 0 Å². The summed E-state index contributed by atoms with van der Waals surface area (Å²) in [5, 5.41) is 1.51. The van der Waals surface area contributed by atoms with Crippen LogP contribution in [0.5, 0.6) is 0 Å². The molecule has 1 heterocycles. The van der Waals surface area contributed by atoms with Gasteiger partial charge in [0.2, 0.25) is 0 Å². The standard InChI is InChI=1S/C12H12ClN3S/c13-11-3-1-9(2-4-11)8-17-12-15-6-10(5-14)7-16-12/h1-4,6-7H,5,8,14H2. The second-order valence-corrected chi connectivity index (χ2v) is 4.87. The maximum Gasteiger partial charge on any atom is 0.187 e. The molecule has 0 bridgehead atoms. The molecule has 88 valence electrons. The Morgan fingerprint density at radius 3 is 2.29 bits per heavy atom. The van der Waals surface area contributed by atoms with Gasteiger partial charge in [-0.25, -0.2) is 9.97 Å². The third-order valence-corrected chi connectivity index (χ3v) is 3.40. The van der Waals surface area contributed by atoms with E-state index in [-0.39, 0.29) is 0 Å². The van der Waals surface area contributed by atoms with E-state index in [1.807, 2.05) is 24.3 Å². The van der Waals surface area contributed by atoms with Crippen molar-refractivity contribution in [3.63, 3.8) is 0 Å². The Morgan fingerprint density at radius 1 is 1.06 bits per heavy atom. The van der Waals surface area contributed by atoms with Gasteiger partial charge in [-0.3, -0.25) is 0 Å². The number of aromatic nitrogens is 2. The van der Waals surface area contributed by atoms with Crippen LogP contribution in [0.25, 0.3) is 0 Å². The van der Waals surface area contributed by atoms with Crippen LogP contribution in [0.1, 0.15) is 11.1 Å². The Labute approximate surface area is 109 Å². The van der Waals surface area contributed by atoms with E-state index >= 15 is 0 Å². The summed E-state index contributed by atoms with van der Waals surface area (Å²) in [6, 6.07) is 7.78. The molecule has 0 fully saturated rings. The fraction of sp³-hybridized carbons (Fsp3) is 0.167. The van der Waals surface area contributed by atoms with Crippen LogP contribution in [-0.4, -0.2) is 9.97 Å². The summed E-state index contributed by atoms with van der Waals surface area (Å²) in [5.41, 5.74) is 7.62. The first-order valence-electron chi connectivity index (χ1n) is 5.16. The predicted octanol–water partition coefficient (Wildman–Crippen LogP) is 2.88. The van der Waals surface area contributed by atoms with Crippen molar-refractivity contribution in [2.24, 2.45) is 5.73 Å². The van der Waals surface area contributed by atoms with Crippen LogP contribution >= 0.6 is 23.4 Å². The van der Waals surface area contributed by atoms with E-state index in [1.54, 1.807) is 24.2 Å². The molecule has 2 rings (SSSR count). The molecule has 2 N–H and O–H groups in total. The number of nitrogens with zero attached hydrogens (tertiary/aromatic N) is 2. The van der Waals surface area contributed by atoms with Gasteiger partial charge in [-0.2, -0.15) is 0 Å². The molecule has 0 atom stereocenters. The largest absolute Gasteiger partial charge is 0.326 e. The highest BCUT2D eigenvalue weighted by molar-refractivity contribution is 7.98. The number of hydrogen-bond acceptors (Lipinski definition) is 4. The molecular weight excluding hydrogens is 254 g/mol. The second-order valence-electron chi connectivity index (χ2n) is 3.49. The Morgan fingerprint density at radius 2 is 1.71 bits per heavy atom. The van der Waals surface area contributed by atoms with Gasteiger partial charge in [-0.05, 0) is 17.7 Å². The summed E-state index contributed by atoms with van der Waals surface area (Å²) in [6.45, 7) is 0.474. The zero-order chi connectivity index (χ0) is 12.1. The number of hydrogen-bond donors (Lipinski definition) is 1. The van der Waals surface area contributed by atoms with Crippen LogP contribution in [0, 0.1) is 0 Å². The van der Waals surface area contributed by atoms with Crippen LogP contribution in [0.4, 0.5) is 0 Å².